The van der Waals surface area contributed by atoms with E-state index >= 15 is 0 Å². The Morgan fingerprint density at radius 3 is 2.77 bits per heavy atom. The predicted octanol–water partition coefficient (Wildman–Crippen LogP) is 0.829. The third kappa shape index (κ3) is 4.68. The van der Waals surface area contributed by atoms with Crippen molar-refractivity contribution in [1.82, 2.24) is 14.8 Å². The van der Waals surface area contributed by atoms with E-state index in [2.05, 4.69) is 9.88 Å². The van der Waals surface area contributed by atoms with Gasteiger partial charge in [-0.2, -0.15) is 0 Å². The number of carbonyl (C=O) groups excluding carboxylic acids is 1. The first-order chi connectivity index (χ1) is 10.5. The molecule has 1 unspecified atom stereocenters. The molecule has 0 radical (unpaired) electrons. The van der Waals surface area contributed by atoms with Crippen molar-refractivity contribution in [2.75, 3.05) is 39.0 Å². The summed E-state index contributed by atoms with van der Waals surface area (Å²) in [7, 11) is 1.81. The van der Waals surface area contributed by atoms with Crippen LogP contribution in [0.5, 0.6) is 0 Å². The van der Waals surface area contributed by atoms with E-state index in [1.165, 1.54) is 0 Å². The first kappa shape index (κ1) is 16.7. The highest BCUT2D eigenvalue weighted by atomic mass is 16.3. The molecule has 6 heteroatoms. The highest BCUT2D eigenvalue weighted by molar-refractivity contribution is 5.92. The average Bonchev–Trinajstić information content (AvgIpc) is 2.48. The summed E-state index contributed by atoms with van der Waals surface area (Å²) in [5.41, 5.74) is 6.03. The molecule has 22 heavy (non-hydrogen) atoms. The van der Waals surface area contributed by atoms with Crippen molar-refractivity contribution in [1.29, 1.82) is 0 Å². The van der Waals surface area contributed by atoms with Crippen LogP contribution >= 0.6 is 0 Å². The topological polar surface area (TPSA) is 82.7 Å². The maximum atomic E-state index is 12.3. The van der Waals surface area contributed by atoms with Crippen LogP contribution in [0.3, 0.4) is 0 Å². The molecule has 0 spiro atoms. The number of amides is 1. The molecule has 1 atom stereocenters. The molecule has 0 saturated carbocycles. The second-order valence-corrected chi connectivity index (χ2v) is 6.23. The molecule has 122 valence electrons. The number of nitrogens with zero attached hydrogens (tertiary/aromatic N) is 3. The third-order valence-corrected chi connectivity index (χ3v) is 4.10. The molecular weight excluding hydrogens is 280 g/mol. The normalized spacial score (nSPS) is 18.1. The molecule has 0 aliphatic carbocycles. The summed E-state index contributed by atoms with van der Waals surface area (Å²) in [6, 6.07) is 5.12. The summed E-state index contributed by atoms with van der Waals surface area (Å²) in [4.78, 5) is 20.4. The number of carbonyl (C=O) groups is 1. The van der Waals surface area contributed by atoms with Gasteiger partial charge in [-0.15, -0.1) is 0 Å². The van der Waals surface area contributed by atoms with E-state index in [0.717, 1.165) is 39.0 Å². The number of rotatable bonds is 5. The fraction of sp³-hybridized carbons (Fsp3) is 0.625. The largest absolute Gasteiger partial charge is 0.392 e. The van der Waals surface area contributed by atoms with Crippen molar-refractivity contribution in [3.8, 4) is 0 Å². The fourth-order valence-electron chi connectivity index (χ4n) is 2.96. The van der Waals surface area contributed by atoms with Gasteiger partial charge < -0.3 is 20.6 Å². The lowest BCUT2D eigenvalue weighted by molar-refractivity contribution is 0.0698. The zero-order valence-electron chi connectivity index (χ0n) is 13.4. The van der Waals surface area contributed by atoms with E-state index in [1.54, 1.807) is 23.1 Å². The van der Waals surface area contributed by atoms with Gasteiger partial charge >= 0.3 is 0 Å². The number of likely N-dealkylation sites (tertiary alicyclic amines) is 1. The minimum atomic E-state index is -0.282. The molecule has 1 aliphatic rings. The molecule has 0 aromatic carbocycles. The van der Waals surface area contributed by atoms with Crippen LogP contribution in [0, 0.1) is 5.92 Å². The van der Waals surface area contributed by atoms with Gasteiger partial charge in [-0.05, 0) is 50.9 Å². The van der Waals surface area contributed by atoms with Crippen molar-refractivity contribution < 1.29 is 9.90 Å². The molecule has 2 heterocycles. The zero-order valence-corrected chi connectivity index (χ0v) is 13.4. The minimum absolute atomic E-state index is 0.0845. The van der Waals surface area contributed by atoms with Crippen LogP contribution in [0.25, 0.3) is 0 Å². The fourth-order valence-corrected chi connectivity index (χ4v) is 2.96. The van der Waals surface area contributed by atoms with Gasteiger partial charge in [-0.1, -0.05) is 6.07 Å². The predicted molar refractivity (Wildman–Crippen MR) is 86.5 cm³/mol. The van der Waals surface area contributed by atoms with Gasteiger partial charge in [0.1, 0.15) is 11.5 Å². The van der Waals surface area contributed by atoms with Gasteiger partial charge in [0.05, 0.1) is 6.10 Å². The number of nitrogen functional groups attached to an aromatic ring is 1. The monoisotopic (exact) mass is 306 g/mol. The smallest absolute Gasteiger partial charge is 0.272 e. The summed E-state index contributed by atoms with van der Waals surface area (Å²) in [6.07, 6.45) is 1.82. The standard InChI is InChI=1S/C16H26N4O2/c1-12(21)10-20-8-6-13(7-9-20)11-19(2)16(22)14-4-3-5-15(17)18-14/h3-5,12-13,21H,6-11H2,1-2H3,(H2,17,18). The number of aliphatic hydroxyl groups is 1. The molecule has 3 N–H and O–H groups in total. The lowest BCUT2D eigenvalue weighted by Crippen LogP contribution is -2.41. The molecular formula is C16H26N4O2. The molecule has 1 amide bonds. The van der Waals surface area contributed by atoms with E-state index < -0.39 is 0 Å². The lowest BCUT2D eigenvalue weighted by Gasteiger charge is -2.34. The van der Waals surface area contributed by atoms with Crippen LogP contribution in [0.4, 0.5) is 5.82 Å². The number of β-amino-alcohol motifs (C(OH)–C–C–N with tert-alkyl or cyclic N) is 1. The van der Waals surface area contributed by atoms with Gasteiger partial charge in [0.2, 0.25) is 0 Å². The molecule has 0 bridgehead atoms. The van der Waals surface area contributed by atoms with E-state index in [4.69, 9.17) is 5.73 Å². The highest BCUT2D eigenvalue weighted by Crippen LogP contribution is 2.19. The maximum Gasteiger partial charge on any atom is 0.272 e. The number of aromatic nitrogens is 1. The van der Waals surface area contributed by atoms with Crippen molar-refractivity contribution in [2.24, 2.45) is 5.92 Å². The van der Waals surface area contributed by atoms with Crippen LogP contribution in [0.1, 0.15) is 30.3 Å². The number of nitrogens with two attached hydrogens (primary N) is 1. The molecule has 1 saturated heterocycles. The lowest BCUT2D eigenvalue weighted by atomic mass is 9.96. The number of piperidine rings is 1. The van der Waals surface area contributed by atoms with Crippen LogP contribution in [-0.4, -0.2) is 65.1 Å². The first-order valence-electron chi connectivity index (χ1n) is 7.84. The Hall–Kier alpha value is -1.66. The van der Waals surface area contributed by atoms with Gasteiger partial charge in [0.25, 0.3) is 5.91 Å². The number of hydrogen-bond donors (Lipinski definition) is 2. The van der Waals surface area contributed by atoms with Crippen LogP contribution < -0.4 is 5.73 Å². The second kappa shape index (κ2) is 7.56. The minimum Gasteiger partial charge on any atom is -0.392 e. The Kier molecular flexibility index (Phi) is 5.74. The summed E-state index contributed by atoms with van der Waals surface area (Å²) in [5.74, 6) is 0.782. The van der Waals surface area contributed by atoms with Gasteiger partial charge in [0.15, 0.2) is 0 Å². The molecule has 1 fully saturated rings. The Morgan fingerprint density at radius 2 is 2.18 bits per heavy atom. The van der Waals surface area contributed by atoms with Crippen LogP contribution in [0.15, 0.2) is 18.2 Å². The molecule has 6 nitrogen and oxygen atoms in total. The summed E-state index contributed by atoms with van der Waals surface area (Å²) in [5, 5.41) is 9.43. The molecule has 1 aliphatic heterocycles. The average molecular weight is 306 g/mol. The molecule has 1 aromatic rings. The van der Waals surface area contributed by atoms with Crippen LogP contribution in [-0.2, 0) is 0 Å². The third-order valence-electron chi connectivity index (χ3n) is 4.10. The van der Waals surface area contributed by atoms with Gasteiger partial charge in [0, 0.05) is 20.1 Å². The number of anilines is 1. The van der Waals surface area contributed by atoms with E-state index in [1.807, 2.05) is 14.0 Å². The van der Waals surface area contributed by atoms with E-state index in [9.17, 15) is 9.90 Å². The SMILES string of the molecule is CC(O)CN1CCC(CN(C)C(=O)c2cccc(N)n2)CC1. The van der Waals surface area contributed by atoms with Crippen molar-refractivity contribution >= 4 is 11.7 Å². The molecule has 2 rings (SSSR count). The molecule has 1 aromatic heterocycles. The summed E-state index contributed by atoms with van der Waals surface area (Å²) in [6.45, 7) is 5.24. The quantitative estimate of drug-likeness (QED) is 0.842. The maximum absolute atomic E-state index is 12.3. The van der Waals surface area contributed by atoms with Crippen molar-refractivity contribution in [2.45, 2.75) is 25.9 Å². The number of pyridine rings is 1. The van der Waals surface area contributed by atoms with Crippen molar-refractivity contribution in [3.63, 3.8) is 0 Å². The van der Waals surface area contributed by atoms with E-state index in [-0.39, 0.29) is 12.0 Å². The first-order valence-corrected chi connectivity index (χ1v) is 7.84. The summed E-state index contributed by atoms with van der Waals surface area (Å²) < 4.78 is 0. The Morgan fingerprint density at radius 1 is 1.50 bits per heavy atom. The number of aliphatic hydroxyl groups excluding tert-OH is 1. The van der Waals surface area contributed by atoms with Crippen molar-refractivity contribution in [3.05, 3.63) is 23.9 Å². The Bertz CT molecular complexity index is 499. The highest BCUT2D eigenvalue weighted by Gasteiger charge is 2.23. The van der Waals surface area contributed by atoms with Crippen LogP contribution in [0.2, 0.25) is 0 Å². The van der Waals surface area contributed by atoms with E-state index in [0.29, 0.717) is 17.4 Å². The number of hydrogen-bond acceptors (Lipinski definition) is 5. The van der Waals surface area contributed by atoms with Gasteiger partial charge in [-0.3, -0.25) is 4.79 Å². The second-order valence-electron chi connectivity index (χ2n) is 6.23. The zero-order chi connectivity index (χ0) is 16.1. The Labute approximate surface area is 131 Å². The summed E-state index contributed by atoms with van der Waals surface area (Å²) >= 11 is 0. The van der Waals surface area contributed by atoms with Gasteiger partial charge in [-0.25, -0.2) is 4.98 Å². The Balaban J connectivity index is 1.83.